The average Bonchev–Trinajstić information content (AvgIpc) is 2.26. The Morgan fingerprint density at radius 1 is 1.14 bits per heavy atom. The van der Waals surface area contributed by atoms with Crippen LogP contribution in [0.2, 0.25) is 0 Å². The fourth-order valence-corrected chi connectivity index (χ4v) is 6.35. The maximum absolute atomic E-state index is 2.46. The summed E-state index contributed by atoms with van der Waals surface area (Å²) >= 11 is 0. The van der Waals surface area contributed by atoms with E-state index in [-0.39, 0.29) is 10.0 Å². The summed E-state index contributed by atoms with van der Waals surface area (Å²) in [4.78, 5) is 0. The first kappa shape index (κ1) is 4.25. The van der Waals surface area contributed by atoms with E-state index >= 15 is 0 Å². The number of hydrogen-bond donors (Lipinski definition) is 0. The number of rotatable bonds is 0. The van der Waals surface area contributed by atoms with Crippen LogP contribution in [-0.4, -0.2) is 23.0 Å². The van der Waals surface area contributed by atoms with E-state index in [4.69, 9.17) is 0 Å². The summed E-state index contributed by atoms with van der Waals surface area (Å²) in [6.45, 7) is 2.38. The van der Waals surface area contributed by atoms with E-state index in [0.717, 1.165) is 5.92 Å². The van der Waals surface area contributed by atoms with Gasteiger partial charge < -0.3 is 0 Å². The Labute approximate surface area is 46.6 Å². The summed E-state index contributed by atoms with van der Waals surface area (Å²) in [6.07, 6.45) is 4.92. The molecule has 0 bridgehead atoms. The lowest BCUT2D eigenvalue weighted by Crippen LogP contribution is -1.95. The van der Waals surface area contributed by atoms with E-state index in [2.05, 4.69) is 19.4 Å². The van der Waals surface area contributed by atoms with Crippen LogP contribution in [0.5, 0.6) is 0 Å². The highest BCUT2D eigenvalue weighted by Crippen LogP contribution is 2.87. The lowest BCUT2D eigenvalue weighted by atomic mass is 10.5. The molecule has 0 amide bonds. The standard InChI is InChI=1S/C6H12S/c1-4-5-6(4)7(5,2)3/h4-6H,1-3H3. The Kier molecular flexibility index (Phi) is 0.468. The van der Waals surface area contributed by atoms with Gasteiger partial charge in [-0.05, 0) is 18.4 Å². The third-order valence-electron chi connectivity index (χ3n) is 2.55. The molecule has 42 valence electrons. The normalized spacial score (nSPS) is 65.9. The van der Waals surface area contributed by atoms with Crippen LogP contribution in [0, 0.1) is 5.92 Å². The average molecular weight is 116 g/mol. The second-order valence-electron chi connectivity index (χ2n) is 3.28. The summed E-state index contributed by atoms with van der Waals surface area (Å²) in [7, 11) is 0.0527. The predicted octanol–water partition coefficient (Wildman–Crippen LogP) is 1.45. The maximum Gasteiger partial charge on any atom is 0.00299 e. The molecule has 1 saturated carbocycles. The van der Waals surface area contributed by atoms with Gasteiger partial charge in [-0.2, -0.15) is 0 Å². The van der Waals surface area contributed by atoms with Crippen LogP contribution in [0.3, 0.4) is 0 Å². The molecule has 0 aromatic carbocycles. The zero-order chi connectivity index (χ0) is 5.23. The third kappa shape index (κ3) is 0.290. The molecular weight excluding hydrogens is 104 g/mol. The highest BCUT2D eigenvalue weighted by Gasteiger charge is 2.73. The summed E-state index contributed by atoms with van der Waals surface area (Å²) in [5, 5.41) is 2.43. The van der Waals surface area contributed by atoms with Crippen LogP contribution in [-0.2, 0) is 0 Å². The van der Waals surface area contributed by atoms with Gasteiger partial charge in [0, 0.05) is 10.5 Å². The second-order valence-corrected chi connectivity index (χ2v) is 7.34. The molecule has 2 rings (SSSR count). The topological polar surface area (TPSA) is 0 Å². The summed E-state index contributed by atoms with van der Waals surface area (Å²) in [5.74, 6) is 1.13. The predicted molar refractivity (Wildman–Crippen MR) is 36.2 cm³/mol. The molecule has 0 spiro atoms. The highest BCUT2D eigenvalue weighted by atomic mass is 32.3. The van der Waals surface area contributed by atoms with Crippen molar-refractivity contribution >= 4 is 10.0 Å². The second kappa shape index (κ2) is 0.771. The van der Waals surface area contributed by atoms with Crippen molar-refractivity contribution in [2.24, 2.45) is 5.92 Å². The van der Waals surface area contributed by atoms with Gasteiger partial charge in [0.1, 0.15) is 0 Å². The number of hydrogen-bond acceptors (Lipinski definition) is 0. The van der Waals surface area contributed by atoms with Gasteiger partial charge in [0.2, 0.25) is 0 Å². The molecular formula is C6H12S. The van der Waals surface area contributed by atoms with Crippen molar-refractivity contribution < 1.29 is 0 Å². The van der Waals surface area contributed by atoms with Gasteiger partial charge in [-0.1, -0.05) is 6.92 Å². The van der Waals surface area contributed by atoms with Gasteiger partial charge in [0.05, 0.1) is 0 Å². The Morgan fingerprint density at radius 2 is 1.57 bits per heavy atom. The minimum atomic E-state index is 0.0527. The smallest absolute Gasteiger partial charge is 0.00299 e. The van der Waals surface area contributed by atoms with Crippen LogP contribution in [0.4, 0.5) is 0 Å². The fraction of sp³-hybridized carbons (Fsp3) is 1.00. The van der Waals surface area contributed by atoms with Crippen molar-refractivity contribution in [3.05, 3.63) is 0 Å². The molecule has 2 unspecified atom stereocenters. The molecule has 0 nitrogen and oxygen atoms in total. The zero-order valence-electron chi connectivity index (χ0n) is 5.14. The van der Waals surface area contributed by atoms with Crippen molar-refractivity contribution in [3.8, 4) is 0 Å². The Bertz CT molecular complexity index is 105. The minimum Gasteiger partial charge on any atom is -0.238 e. The van der Waals surface area contributed by atoms with Gasteiger partial charge in [-0.15, -0.1) is 0 Å². The van der Waals surface area contributed by atoms with E-state index in [1.807, 2.05) is 0 Å². The van der Waals surface area contributed by atoms with Crippen molar-refractivity contribution in [1.82, 2.24) is 0 Å². The third-order valence-corrected chi connectivity index (χ3v) is 6.48. The van der Waals surface area contributed by atoms with Crippen LogP contribution < -0.4 is 0 Å². The molecule has 1 aliphatic carbocycles. The maximum atomic E-state index is 2.46. The van der Waals surface area contributed by atoms with Gasteiger partial charge in [-0.3, -0.25) is 0 Å². The Hall–Kier alpha value is 0.350. The van der Waals surface area contributed by atoms with Gasteiger partial charge in [0.15, 0.2) is 0 Å². The van der Waals surface area contributed by atoms with E-state index in [0.29, 0.717) is 0 Å². The monoisotopic (exact) mass is 116 g/mol. The molecule has 2 atom stereocenters. The van der Waals surface area contributed by atoms with Gasteiger partial charge in [-0.25, -0.2) is 10.0 Å². The molecule has 0 aromatic rings. The molecule has 0 aromatic heterocycles. The van der Waals surface area contributed by atoms with Crippen molar-refractivity contribution in [2.45, 2.75) is 17.4 Å². The molecule has 2 fully saturated rings. The molecule has 7 heavy (non-hydrogen) atoms. The van der Waals surface area contributed by atoms with E-state index < -0.39 is 0 Å². The van der Waals surface area contributed by atoms with Crippen LogP contribution in [0.25, 0.3) is 0 Å². The molecule has 0 radical (unpaired) electrons. The van der Waals surface area contributed by atoms with Gasteiger partial charge >= 0.3 is 0 Å². The quantitative estimate of drug-likeness (QED) is 0.420. The lowest BCUT2D eigenvalue weighted by molar-refractivity contribution is 0.958. The largest absolute Gasteiger partial charge is 0.238 e. The summed E-state index contributed by atoms with van der Waals surface area (Å²) in [6, 6.07) is 0. The van der Waals surface area contributed by atoms with Crippen molar-refractivity contribution in [3.63, 3.8) is 0 Å². The van der Waals surface area contributed by atoms with E-state index in [9.17, 15) is 0 Å². The Balaban J connectivity index is 2.10. The molecule has 1 aliphatic heterocycles. The highest BCUT2D eigenvalue weighted by molar-refractivity contribution is 8.41. The van der Waals surface area contributed by atoms with Gasteiger partial charge in [0.25, 0.3) is 0 Å². The van der Waals surface area contributed by atoms with Crippen LogP contribution >= 0.6 is 10.0 Å². The van der Waals surface area contributed by atoms with Crippen LogP contribution in [0.15, 0.2) is 0 Å². The Morgan fingerprint density at radius 3 is 1.57 bits per heavy atom. The SMILES string of the molecule is CC1C2C1S2(C)C. The lowest BCUT2D eigenvalue weighted by Gasteiger charge is -2.18. The zero-order valence-corrected chi connectivity index (χ0v) is 5.96. The first-order valence-corrected chi connectivity index (χ1v) is 5.44. The molecule has 0 N–H and O–H groups in total. The number of fused-ring (bicyclic) bond motifs is 1. The van der Waals surface area contributed by atoms with Crippen LogP contribution in [0.1, 0.15) is 6.92 Å². The van der Waals surface area contributed by atoms with E-state index in [1.165, 1.54) is 10.5 Å². The first-order valence-electron chi connectivity index (χ1n) is 2.87. The molecule has 1 heterocycles. The molecule has 1 saturated heterocycles. The first-order chi connectivity index (χ1) is 3.15. The van der Waals surface area contributed by atoms with Crippen molar-refractivity contribution in [1.29, 1.82) is 0 Å². The van der Waals surface area contributed by atoms with E-state index in [1.54, 1.807) is 0 Å². The molecule has 2 aliphatic rings. The summed E-state index contributed by atoms with van der Waals surface area (Å²) in [5.41, 5.74) is 0. The fourth-order valence-electron chi connectivity index (χ4n) is 1.97. The minimum absolute atomic E-state index is 0.0527. The summed E-state index contributed by atoms with van der Waals surface area (Å²) < 4.78 is 0. The molecule has 1 heteroatoms. The van der Waals surface area contributed by atoms with Crippen molar-refractivity contribution in [2.75, 3.05) is 12.5 Å².